The molecule has 5 N–H and O–H groups in total. The van der Waals surface area contributed by atoms with Crippen molar-refractivity contribution in [3.05, 3.63) is 87.6 Å². The third kappa shape index (κ3) is 6.81. The Morgan fingerprint density at radius 2 is 1.82 bits per heavy atom. The molecule has 7 atom stereocenters. The number of fused-ring (bicyclic) bond motifs is 1. The molecule has 5 aliphatic rings. The van der Waals surface area contributed by atoms with Gasteiger partial charge in [-0.2, -0.15) is 13.2 Å². The van der Waals surface area contributed by atoms with E-state index in [0.717, 1.165) is 25.0 Å². The lowest BCUT2D eigenvalue weighted by molar-refractivity contribution is -0.199. The zero-order chi connectivity index (χ0) is 39.7. The lowest BCUT2D eigenvalue weighted by Crippen LogP contribution is -2.65. The average Bonchev–Trinajstić information content (AvgIpc) is 3.64. The van der Waals surface area contributed by atoms with Crippen LogP contribution in [0.15, 0.2) is 59.5 Å². The van der Waals surface area contributed by atoms with E-state index in [1.807, 2.05) is 6.92 Å². The Morgan fingerprint density at radius 1 is 1.07 bits per heavy atom. The van der Waals surface area contributed by atoms with E-state index in [4.69, 9.17) is 15.0 Å². The Hall–Kier alpha value is -4.70. The van der Waals surface area contributed by atoms with Crippen molar-refractivity contribution < 1.29 is 36.9 Å². The number of carbonyl (C=O) groups is 3. The summed E-state index contributed by atoms with van der Waals surface area (Å²) in [5.41, 5.74) is 3.14. The molecule has 3 amide bonds. The van der Waals surface area contributed by atoms with Crippen LogP contribution in [0.5, 0.6) is 0 Å². The first kappa shape index (κ1) is 38.6. The molecule has 3 heterocycles. The van der Waals surface area contributed by atoms with Gasteiger partial charge in [-0.15, -0.1) is 0 Å². The molecule has 2 aliphatic heterocycles. The van der Waals surface area contributed by atoms with E-state index >= 15 is 0 Å². The summed E-state index contributed by atoms with van der Waals surface area (Å²) in [4.78, 5) is 58.8. The number of para-hydroxylation sites is 1. The lowest BCUT2D eigenvalue weighted by atomic mass is 9.43. The highest BCUT2D eigenvalue weighted by molar-refractivity contribution is 6.47. The molecule has 1 aromatic heterocycles. The van der Waals surface area contributed by atoms with E-state index in [2.05, 4.69) is 41.7 Å². The molecule has 4 fully saturated rings. The lowest BCUT2D eigenvalue weighted by Gasteiger charge is -2.64. The van der Waals surface area contributed by atoms with E-state index in [9.17, 15) is 32.3 Å². The van der Waals surface area contributed by atoms with Gasteiger partial charge in [0.1, 0.15) is 17.6 Å². The number of rotatable bonds is 11. The number of hydrogen-bond donors (Lipinski definition) is 4. The fourth-order valence-corrected chi connectivity index (χ4v) is 9.42. The van der Waals surface area contributed by atoms with Gasteiger partial charge in [0.2, 0.25) is 11.8 Å². The third-order valence-electron chi connectivity index (χ3n) is 12.6. The van der Waals surface area contributed by atoms with Crippen molar-refractivity contribution in [2.75, 3.05) is 10.6 Å². The summed E-state index contributed by atoms with van der Waals surface area (Å²) in [5.74, 6) is -1.23. The molecular weight excluding hydrogens is 716 g/mol. The number of halogens is 3. The molecule has 12 nitrogen and oxygen atoms in total. The van der Waals surface area contributed by atoms with Gasteiger partial charge in [0.05, 0.1) is 40.7 Å². The Labute approximate surface area is 317 Å². The number of nitrogens with one attached hydrogen (secondary N) is 3. The second kappa shape index (κ2) is 13.8. The van der Waals surface area contributed by atoms with Crippen molar-refractivity contribution in [3.63, 3.8) is 0 Å². The van der Waals surface area contributed by atoms with E-state index in [-0.39, 0.29) is 59.2 Å². The summed E-state index contributed by atoms with van der Waals surface area (Å²) >= 11 is 0. The Bertz CT molecular complexity index is 2090. The molecule has 3 aliphatic carbocycles. The second-order valence-electron chi connectivity index (χ2n) is 16.5. The minimum absolute atomic E-state index is 0.0180. The van der Waals surface area contributed by atoms with Gasteiger partial charge in [0, 0.05) is 18.4 Å². The monoisotopic (exact) mass is 762 g/mol. The van der Waals surface area contributed by atoms with E-state index in [1.165, 1.54) is 29.0 Å². The standard InChI is InChI=1S/C39H46BF3N6O6/c1-6-30(40-54-29-16-23-15-28(36(23,2)3)38(29,5)55-40)48-33(52)27-17-37(4,18-31(50)47-25-13-8-7-12-24(25)32(44)51)35-46-20-26(34(53)49(27)35)45-19-21-10-9-11-22(14-21)39(41,42)43/h7-14,20,23,27-30,45H,6,15-19H2,1-5H3,(H2,44,51)(H,47,50)(H,48,52)/t23-,27-,28-,29+,30-,37-,38-/m0/s1. The zero-order valence-corrected chi connectivity index (χ0v) is 31.5. The molecular formula is C39H46BF3N6O6. The van der Waals surface area contributed by atoms with Crippen molar-refractivity contribution >= 4 is 36.2 Å². The number of nitrogens with two attached hydrogens (primary N) is 1. The van der Waals surface area contributed by atoms with Gasteiger partial charge < -0.3 is 31.0 Å². The zero-order valence-electron chi connectivity index (χ0n) is 31.5. The van der Waals surface area contributed by atoms with Crippen molar-refractivity contribution in [1.82, 2.24) is 14.9 Å². The van der Waals surface area contributed by atoms with Crippen LogP contribution < -0.4 is 27.2 Å². The average molecular weight is 763 g/mol. The van der Waals surface area contributed by atoms with E-state index in [0.29, 0.717) is 18.3 Å². The summed E-state index contributed by atoms with van der Waals surface area (Å²) in [7, 11) is -0.710. The molecule has 2 aromatic carbocycles. The number of nitrogens with zero attached hydrogens (tertiary/aromatic N) is 2. The van der Waals surface area contributed by atoms with Crippen LogP contribution in [0.1, 0.15) is 100 Å². The number of carbonyl (C=O) groups excluding carboxylic acids is 3. The fraction of sp³-hybridized carbons (Fsp3) is 0.513. The Morgan fingerprint density at radius 3 is 2.51 bits per heavy atom. The largest absolute Gasteiger partial charge is 0.481 e. The minimum Gasteiger partial charge on any atom is -0.404 e. The van der Waals surface area contributed by atoms with Gasteiger partial charge in [-0.25, -0.2) is 4.98 Å². The van der Waals surface area contributed by atoms with Crippen LogP contribution in [0.2, 0.25) is 0 Å². The molecule has 1 saturated heterocycles. The molecule has 3 aromatic rings. The summed E-state index contributed by atoms with van der Waals surface area (Å²) in [5, 5.41) is 8.73. The first-order valence-electron chi connectivity index (χ1n) is 18.7. The summed E-state index contributed by atoms with van der Waals surface area (Å²) < 4.78 is 54.5. The van der Waals surface area contributed by atoms with Gasteiger partial charge in [-0.3, -0.25) is 23.7 Å². The van der Waals surface area contributed by atoms with Crippen LogP contribution in [0, 0.1) is 17.3 Å². The number of aromatic nitrogens is 2. The highest BCUT2D eigenvalue weighted by atomic mass is 19.4. The van der Waals surface area contributed by atoms with Crippen LogP contribution in [-0.4, -0.2) is 52.0 Å². The number of anilines is 2. The Balaban J connectivity index is 1.16. The van der Waals surface area contributed by atoms with Crippen LogP contribution in [0.3, 0.4) is 0 Å². The number of alkyl halides is 3. The first-order chi connectivity index (χ1) is 25.9. The van der Waals surface area contributed by atoms with Crippen LogP contribution in [-0.2, 0) is 37.0 Å². The molecule has 0 unspecified atom stereocenters. The maximum absolute atomic E-state index is 14.4. The van der Waals surface area contributed by atoms with Crippen molar-refractivity contribution in [3.8, 4) is 0 Å². The number of hydrogen-bond acceptors (Lipinski definition) is 8. The molecule has 292 valence electrons. The topological polar surface area (TPSA) is 167 Å². The highest BCUT2D eigenvalue weighted by Crippen LogP contribution is 2.65. The molecule has 0 spiro atoms. The van der Waals surface area contributed by atoms with Crippen molar-refractivity contribution in [1.29, 1.82) is 0 Å². The first-order valence-corrected chi connectivity index (χ1v) is 18.7. The number of benzene rings is 2. The number of amides is 3. The van der Waals surface area contributed by atoms with Gasteiger partial charge in [0.25, 0.3) is 11.5 Å². The fourth-order valence-electron chi connectivity index (χ4n) is 9.42. The van der Waals surface area contributed by atoms with Crippen LogP contribution in [0.4, 0.5) is 24.5 Å². The molecule has 2 bridgehead atoms. The highest BCUT2D eigenvalue weighted by Gasteiger charge is 2.68. The van der Waals surface area contributed by atoms with E-state index < -0.39 is 65.1 Å². The number of primary amides is 1. The van der Waals surface area contributed by atoms with Crippen LogP contribution >= 0.6 is 0 Å². The van der Waals surface area contributed by atoms with Gasteiger partial charge in [-0.1, -0.05) is 52.0 Å². The maximum Gasteiger partial charge on any atom is 0.481 e. The third-order valence-corrected chi connectivity index (χ3v) is 12.6. The second-order valence-corrected chi connectivity index (χ2v) is 16.5. The quantitative estimate of drug-likeness (QED) is 0.190. The van der Waals surface area contributed by atoms with Crippen LogP contribution in [0.25, 0.3) is 0 Å². The van der Waals surface area contributed by atoms with Gasteiger partial charge in [0.15, 0.2) is 0 Å². The molecule has 0 radical (unpaired) electrons. The smallest absolute Gasteiger partial charge is 0.404 e. The molecule has 8 rings (SSSR count). The molecule has 3 saturated carbocycles. The van der Waals surface area contributed by atoms with Gasteiger partial charge >= 0.3 is 13.3 Å². The summed E-state index contributed by atoms with van der Waals surface area (Å²) in [6.45, 7) is 10.2. The van der Waals surface area contributed by atoms with E-state index in [1.54, 1.807) is 25.1 Å². The molecule has 55 heavy (non-hydrogen) atoms. The molecule has 16 heteroatoms. The van der Waals surface area contributed by atoms with Crippen molar-refractivity contribution in [2.45, 2.75) is 109 Å². The van der Waals surface area contributed by atoms with Gasteiger partial charge in [-0.05, 0) is 79.7 Å². The van der Waals surface area contributed by atoms with Crippen molar-refractivity contribution in [2.24, 2.45) is 23.0 Å². The summed E-state index contributed by atoms with van der Waals surface area (Å²) in [6.07, 6.45) is -1.15. The predicted molar refractivity (Wildman–Crippen MR) is 199 cm³/mol. The maximum atomic E-state index is 14.4. The SMILES string of the molecule is CC[C@H](NC(=O)[C@@H]1C[C@@](C)(CC(=O)Nc2ccccc2C(N)=O)c2ncc(NCc3cccc(C(F)(F)F)c3)c(=O)n21)B1O[C@@H]2C[C@@H]3C[C@@H](C3(C)C)[C@]2(C)O1. The normalized spacial score (nSPS) is 28.0. The predicted octanol–water partition coefficient (Wildman–Crippen LogP) is 5.37. The Kier molecular flexibility index (Phi) is 9.68. The minimum atomic E-state index is -4.54. The summed E-state index contributed by atoms with van der Waals surface area (Å²) in [6, 6.07) is 9.93.